The maximum absolute atomic E-state index is 4.43. The molecule has 4 nitrogen and oxygen atoms in total. The Hall–Kier alpha value is -0.240. The van der Waals surface area contributed by atoms with Crippen LogP contribution < -0.4 is 5.32 Å². The lowest BCUT2D eigenvalue weighted by Gasteiger charge is -2.18. The van der Waals surface area contributed by atoms with E-state index in [-0.39, 0.29) is 6.04 Å². The maximum atomic E-state index is 4.43. The summed E-state index contributed by atoms with van der Waals surface area (Å²) in [5.74, 6) is 1.04. The molecule has 1 N–H and O–H groups in total. The Morgan fingerprint density at radius 3 is 2.76 bits per heavy atom. The second kappa shape index (κ2) is 8.41. The molecule has 2 heterocycles. The summed E-state index contributed by atoms with van der Waals surface area (Å²) in [5.41, 5.74) is 1.28. The summed E-state index contributed by atoms with van der Waals surface area (Å²) in [6.45, 7) is 6.25. The van der Waals surface area contributed by atoms with E-state index in [0.29, 0.717) is 0 Å². The van der Waals surface area contributed by atoms with Crippen molar-refractivity contribution in [2.24, 2.45) is 0 Å². The second-order valence-corrected chi connectivity index (χ2v) is 8.64. The number of halogens is 2. The fourth-order valence-electron chi connectivity index (χ4n) is 2.23. The first-order chi connectivity index (χ1) is 10.2. The van der Waals surface area contributed by atoms with Gasteiger partial charge in [-0.1, -0.05) is 13.8 Å². The lowest BCUT2D eigenvalue weighted by atomic mass is 10.1. The minimum atomic E-state index is 0.252. The number of rotatable bonds is 8. The predicted octanol–water partition coefficient (Wildman–Crippen LogP) is 4.56. The molecule has 1 atom stereocenters. The van der Waals surface area contributed by atoms with Crippen LogP contribution in [0.5, 0.6) is 0 Å². The van der Waals surface area contributed by atoms with E-state index in [9.17, 15) is 0 Å². The van der Waals surface area contributed by atoms with E-state index in [2.05, 4.69) is 67.2 Å². The highest BCUT2D eigenvalue weighted by Gasteiger charge is 2.19. The van der Waals surface area contributed by atoms with Gasteiger partial charge in [-0.05, 0) is 62.9 Å². The average Bonchev–Trinajstić information content (AvgIpc) is 3.02. The van der Waals surface area contributed by atoms with Crippen LogP contribution in [0, 0.1) is 0 Å². The van der Waals surface area contributed by atoms with Gasteiger partial charge in [0.1, 0.15) is 12.2 Å². The Labute approximate surface area is 146 Å². The van der Waals surface area contributed by atoms with Crippen LogP contribution in [-0.2, 0) is 13.0 Å². The van der Waals surface area contributed by atoms with E-state index < -0.39 is 0 Å². The zero-order valence-electron chi connectivity index (χ0n) is 12.3. The van der Waals surface area contributed by atoms with Gasteiger partial charge in [0.05, 0.1) is 7.57 Å². The smallest absolute Gasteiger partial charge is 0.138 e. The molecule has 0 aromatic carbocycles. The number of hydrogen-bond donors (Lipinski definition) is 1. The maximum Gasteiger partial charge on any atom is 0.138 e. The normalized spacial score (nSPS) is 12.8. The topological polar surface area (TPSA) is 42.7 Å². The molecule has 1 unspecified atom stereocenters. The van der Waals surface area contributed by atoms with Gasteiger partial charge >= 0.3 is 0 Å². The van der Waals surface area contributed by atoms with Gasteiger partial charge in [0, 0.05) is 19.0 Å². The molecule has 0 fully saturated rings. The Morgan fingerprint density at radius 1 is 1.33 bits per heavy atom. The number of hydrogen-bond acceptors (Lipinski definition) is 4. The van der Waals surface area contributed by atoms with E-state index in [1.54, 1.807) is 17.7 Å². The molecule has 0 aliphatic heterocycles. The summed E-state index contributed by atoms with van der Waals surface area (Å²) < 4.78 is 4.32. The molecule has 21 heavy (non-hydrogen) atoms. The van der Waals surface area contributed by atoms with Gasteiger partial charge in [-0.2, -0.15) is 5.10 Å². The van der Waals surface area contributed by atoms with E-state index in [0.717, 1.165) is 42.0 Å². The highest BCUT2D eigenvalue weighted by molar-refractivity contribution is 9.12. The van der Waals surface area contributed by atoms with Crippen molar-refractivity contribution in [1.82, 2.24) is 20.1 Å². The highest BCUT2D eigenvalue weighted by Crippen LogP contribution is 2.36. The lowest BCUT2D eigenvalue weighted by molar-refractivity contribution is 0.488. The molecule has 0 spiro atoms. The molecule has 0 aliphatic rings. The van der Waals surface area contributed by atoms with Crippen LogP contribution in [0.4, 0.5) is 0 Å². The van der Waals surface area contributed by atoms with Crippen molar-refractivity contribution in [2.45, 2.75) is 45.7 Å². The van der Waals surface area contributed by atoms with Crippen molar-refractivity contribution in [3.05, 3.63) is 31.4 Å². The summed E-state index contributed by atoms with van der Waals surface area (Å²) in [6.07, 6.45) is 4.68. The Balaban J connectivity index is 2.20. The quantitative estimate of drug-likeness (QED) is 0.660. The van der Waals surface area contributed by atoms with Gasteiger partial charge in [0.15, 0.2) is 0 Å². The summed E-state index contributed by atoms with van der Waals surface area (Å²) in [4.78, 5) is 4.43. The first kappa shape index (κ1) is 17.1. The number of nitrogens with one attached hydrogen (secondary N) is 1. The molecule has 116 valence electrons. The molecule has 7 heteroatoms. The third-order valence-electron chi connectivity index (χ3n) is 3.22. The van der Waals surface area contributed by atoms with Crippen molar-refractivity contribution in [1.29, 1.82) is 0 Å². The van der Waals surface area contributed by atoms with Crippen LogP contribution >= 0.6 is 43.2 Å². The first-order valence-corrected chi connectivity index (χ1v) is 9.60. The molecule has 0 saturated heterocycles. The average molecular weight is 436 g/mol. The third-order valence-corrected chi connectivity index (χ3v) is 5.60. The van der Waals surface area contributed by atoms with Crippen molar-refractivity contribution in [2.75, 3.05) is 6.54 Å². The fourth-order valence-corrected chi connectivity index (χ4v) is 5.20. The molecule has 0 aliphatic carbocycles. The number of thiophene rings is 1. The van der Waals surface area contributed by atoms with Gasteiger partial charge in [-0.15, -0.1) is 11.3 Å². The molecular formula is C14H20Br2N4S. The standard InChI is InChI=1S/C14H20Br2N4S/c1-3-5-17-11(10-7-12(15)21-14(10)16)8-13-18-9-19-20(13)6-4-2/h7,9,11,17H,3-6,8H2,1-2H3. The van der Waals surface area contributed by atoms with Gasteiger partial charge in [-0.25, -0.2) is 4.98 Å². The highest BCUT2D eigenvalue weighted by atomic mass is 79.9. The Morgan fingerprint density at radius 2 is 2.14 bits per heavy atom. The van der Waals surface area contributed by atoms with E-state index in [1.807, 2.05) is 4.68 Å². The zero-order valence-corrected chi connectivity index (χ0v) is 16.3. The monoisotopic (exact) mass is 434 g/mol. The Kier molecular flexibility index (Phi) is 6.85. The van der Waals surface area contributed by atoms with Gasteiger partial charge in [0.2, 0.25) is 0 Å². The van der Waals surface area contributed by atoms with Crippen molar-refractivity contribution in [3.8, 4) is 0 Å². The summed E-state index contributed by atoms with van der Waals surface area (Å²) in [7, 11) is 0. The molecule has 0 saturated carbocycles. The van der Waals surface area contributed by atoms with E-state index in [4.69, 9.17) is 0 Å². The first-order valence-electron chi connectivity index (χ1n) is 7.20. The summed E-state index contributed by atoms with van der Waals surface area (Å²) >= 11 is 8.94. The number of nitrogens with zero attached hydrogens (tertiary/aromatic N) is 3. The molecule has 2 aromatic rings. The predicted molar refractivity (Wildman–Crippen MR) is 94.8 cm³/mol. The minimum Gasteiger partial charge on any atom is -0.309 e. The second-order valence-electron chi connectivity index (χ2n) is 4.89. The van der Waals surface area contributed by atoms with Crippen LogP contribution in [0.15, 0.2) is 20.0 Å². The lowest BCUT2D eigenvalue weighted by Crippen LogP contribution is -2.25. The van der Waals surface area contributed by atoms with Crippen molar-refractivity contribution < 1.29 is 0 Å². The zero-order chi connectivity index (χ0) is 15.2. The molecule has 0 radical (unpaired) electrons. The van der Waals surface area contributed by atoms with Gasteiger partial charge in [-0.3, -0.25) is 4.68 Å². The fraction of sp³-hybridized carbons (Fsp3) is 0.571. The van der Waals surface area contributed by atoms with Crippen LogP contribution in [0.2, 0.25) is 0 Å². The molecular weight excluding hydrogens is 416 g/mol. The summed E-state index contributed by atoms with van der Waals surface area (Å²) in [5, 5.41) is 7.94. The van der Waals surface area contributed by atoms with Crippen LogP contribution in [-0.4, -0.2) is 21.3 Å². The van der Waals surface area contributed by atoms with Crippen LogP contribution in [0.1, 0.15) is 44.1 Å². The molecule has 2 rings (SSSR count). The van der Waals surface area contributed by atoms with Gasteiger partial charge in [0.25, 0.3) is 0 Å². The van der Waals surface area contributed by atoms with Crippen LogP contribution in [0.3, 0.4) is 0 Å². The van der Waals surface area contributed by atoms with Crippen molar-refractivity contribution >= 4 is 43.2 Å². The largest absolute Gasteiger partial charge is 0.309 e. The SMILES string of the molecule is CCCNC(Cc1ncnn1CCC)c1cc(Br)sc1Br. The van der Waals surface area contributed by atoms with Crippen LogP contribution in [0.25, 0.3) is 0 Å². The van der Waals surface area contributed by atoms with Gasteiger partial charge < -0.3 is 5.32 Å². The van der Waals surface area contributed by atoms with E-state index in [1.165, 1.54) is 9.35 Å². The minimum absolute atomic E-state index is 0.252. The third kappa shape index (κ3) is 4.61. The summed E-state index contributed by atoms with van der Waals surface area (Å²) in [6, 6.07) is 2.43. The Bertz CT molecular complexity index is 567. The number of aryl methyl sites for hydroxylation is 1. The number of aromatic nitrogens is 3. The van der Waals surface area contributed by atoms with Crippen molar-refractivity contribution in [3.63, 3.8) is 0 Å². The molecule has 2 aromatic heterocycles. The molecule has 0 bridgehead atoms. The molecule has 0 amide bonds. The van der Waals surface area contributed by atoms with E-state index >= 15 is 0 Å².